The molecule has 0 bridgehead atoms. The number of halogens is 2. The Labute approximate surface area is 147 Å². The number of pyridine rings is 1. The van der Waals surface area contributed by atoms with Gasteiger partial charge in [0, 0.05) is 23.8 Å². The molecule has 2 N–H and O–H groups in total. The fourth-order valence-electron chi connectivity index (χ4n) is 2.08. The Morgan fingerprint density at radius 1 is 1.17 bits per heavy atom. The molecule has 1 aromatic carbocycles. The molecule has 3 aromatic rings. The van der Waals surface area contributed by atoms with Crippen LogP contribution in [0.1, 0.15) is 16.1 Å². The molecule has 2 heterocycles. The summed E-state index contributed by atoms with van der Waals surface area (Å²) in [7, 11) is 0. The molecule has 0 aliphatic heterocycles. The van der Waals surface area contributed by atoms with E-state index in [1.54, 1.807) is 42.6 Å². The molecule has 0 spiro atoms. The van der Waals surface area contributed by atoms with Crippen molar-refractivity contribution in [1.29, 1.82) is 0 Å². The topological polar surface area (TPSA) is 79.8 Å². The minimum Gasteiger partial charge on any atom is -0.347 e. The van der Waals surface area contributed by atoms with Gasteiger partial charge in [-0.3, -0.25) is 14.7 Å². The SMILES string of the molecule is O=C(NCc1ccc(Cl)nc1)c1cc(=O)n(-c2ccc(Cl)cc2)[nH]1. The minimum atomic E-state index is -0.394. The lowest BCUT2D eigenvalue weighted by atomic mass is 10.3. The average molecular weight is 363 g/mol. The molecule has 0 radical (unpaired) electrons. The summed E-state index contributed by atoms with van der Waals surface area (Å²) in [5.74, 6) is -0.394. The third kappa shape index (κ3) is 3.67. The van der Waals surface area contributed by atoms with Gasteiger partial charge in [0.1, 0.15) is 10.8 Å². The summed E-state index contributed by atoms with van der Waals surface area (Å²) in [6, 6.07) is 11.3. The van der Waals surface area contributed by atoms with E-state index in [9.17, 15) is 9.59 Å². The normalized spacial score (nSPS) is 10.6. The summed E-state index contributed by atoms with van der Waals surface area (Å²) in [4.78, 5) is 28.1. The smallest absolute Gasteiger partial charge is 0.271 e. The third-order valence-electron chi connectivity index (χ3n) is 3.29. The maximum atomic E-state index is 12.2. The van der Waals surface area contributed by atoms with Crippen molar-refractivity contribution in [1.82, 2.24) is 20.1 Å². The molecular weight excluding hydrogens is 351 g/mol. The first-order chi connectivity index (χ1) is 11.5. The number of nitrogens with one attached hydrogen (secondary N) is 2. The van der Waals surface area contributed by atoms with Crippen LogP contribution in [0.15, 0.2) is 53.5 Å². The van der Waals surface area contributed by atoms with E-state index in [-0.39, 0.29) is 17.8 Å². The number of rotatable bonds is 4. The molecule has 8 heteroatoms. The van der Waals surface area contributed by atoms with E-state index in [0.29, 0.717) is 15.9 Å². The highest BCUT2D eigenvalue weighted by molar-refractivity contribution is 6.30. The molecule has 1 amide bonds. The summed E-state index contributed by atoms with van der Waals surface area (Å²) in [5.41, 5.74) is 1.21. The first-order valence-corrected chi connectivity index (χ1v) is 7.75. The van der Waals surface area contributed by atoms with Crippen molar-refractivity contribution in [2.75, 3.05) is 0 Å². The number of hydrogen-bond acceptors (Lipinski definition) is 3. The maximum Gasteiger partial charge on any atom is 0.271 e. The van der Waals surface area contributed by atoms with Crippen molar-refractivity contribution in [2.24, 2.45) is 0 Å². The van der Waals surface area contributed by atoms with Crippen LogP contribution in [0, 0.1) is 0 Å². The maximum absolute atomic E-state index is 12.2. The summed E-state index contributed by atoms with van der Waals surface area (Å²) in [6.07, 6.45) is 1.57. The number of carbonyl (C=O) groups is 1. The van der Waals surface area contributed by atoms with Crippen LogP contribution in [0.3, 0.4) is 0 Å². The van der Waals surface area contributed by atoms with E-state index in [1.165, 1.54) is 10.7 Å². The molecule has 0 unspecified atom stereocenters. The predicted octanol–water partition coefficient (Wildman–Crippen LogP) is 2.80. The molecule has 0 saturated heterocycles. The average Bonchev–Trinajstić information content (AvgIpc) is 2.97. The van der Waals surface area contributed by atoms with Crippen LogP contribution in [0.5, 0.6) is 0 Å². The fourth-order valence-corrected chi connectivity index (χ4v) is 2.32. The van der Waals surface area contributed by atoms with Gasteiger partial charge in [0.25, 0.3) is 11.5 Å². The lowest BCUT2D eigenvalue weighted by Gasteiger charge is -2.04. The van der Waals surface area contributed by atoms with Crippen molar-refractivity contribution in [2.45, 2.75) is 6.54 Å². The van der Waals surface area contributed by atoms with E-state index >= 15 is 0 Å². The highest BCUT2D eigenvalue weighted by Gasteiger charge is 2.12. The number of carbonyl (C=O) groups excluding carboxylic acids is 1. The van der Waals surface area contributed by atoms with Crippen LogP contribution in [0.2, 0.25) is 10.2 Å². The van der Waals surface area contributed by atoms with E-state index in [2.05, 4.69) is 15.4 Å². The molecule has 122 valence electrons. The van der Waals surface area contributed by atoms with Gasteiger partial charge in [-0.15, -0.1) is 0 Å². The zero-order chi connectivity index (χ0) is 17.1. The van der Waals surface area contributed by atoms with E-state index < -0.39 is 5.91 Å². The molecular formula is C16H12Cl2N4O2. The fraction of sp³-hybridized carbons (Fsp3) is 0.0625. The Morgan fingerprint density at radius 2 is 1.92 bits per heavy atom. The van der Waals surface area contributed by atoms with Crippen molar-refractivity contribution in [3.05, 3.63) is 80.4 Å². The van der Waals surface area contributed by atoms with Crippen LogP contribution >= 0.6 is 23.2 Å². The number of amides is 1. The second-order valence-corrected chi connectivity index (χ2v) is 5.82. The van der Waals surface area contributed by atoms with E-state index in [4.69, 9.17) is 23.2 Å². The van der Waals surface area contributed by atoms with Gasteiger partial charge in [-0.05, 0) is 35.9 Å². The van der Waals surface area contributed by atoms with Crippen LogP contribution in [0.25, 0.3) is 5.69 Å². The van der Waals surface area contributed by atoms with Crippen LogP contribution < -0.4 is 10.9 Å². The zero-order valence-electron chi connectivity index (χ0n) is 12.3. The zero-order valence-corrected chi connectivity index (χ0v) is 13.8. The Morgan fingerprint density at radius 3 is 2.58 bits per heavy atom. The molecule has 3 rings (SSSR count). The molecule has 24 heavy (non-hydrogen) atoms. The predicted molar refractivity (Wildman–Crippen MR) is 91.8 cm³/mol. The first kappa shape index (κ1) is 16.3. The lowest BCUT2D eigenvalue weighted by molar-refractivity contribution is 0.0945. The second kappa shape index (κ2) is 6.90. The summed E-state index contributed by atoms with van der Waals surface area (Å²) >= 11 is 11.5. The van der Waals surface area contributed by atoms with Gasteiger partial charge < -0.3 is 5.32 Å². The molecule has 0 atom stereocenters. The third-order valence-corrected chi connectivity index (χ3v) is 3.77. The molecule has 6 nitrogen and oxygen atoms in total. The van der Waals surface area contributed by atoms with Crippen molar-refractivity contribution in [3.63, 3.8) is 0 Å². The Bertz CT molecular complexity index is 915. The van der Waals surface area contributed by atoms with Crippen molar-refractivity contribution in [3.8, 4) is 5.69 Å². The van der Waals surface area contributed by atoms with Crippen LogP contribution in [0.4, 0.5) is 0 Å². The van der Waals surface area contributed by atoms with Crippen molar-refractivity contribution >= 4 is 29.1 Å². The number of benzene rings is 1. The van der Waals surface area contributed by atoms with E-state index in [1.807, 2.05) is 0 Å². The monoisotopic (exact) mass is 362 g/mol. The van der Waals surface area contributed by atoms with Gasteiger partial charge >= 0.3 is 0 Å². The number of H-pyrrole nitrogens is 1. The van der Waals surface area contributed by atoms with Gasteiger partial charge in [-0.2, -0.15) is 0 Å². The lowest BCUT2D eigenvalue weighted by Crippen LogP contribution is -2.23. The largest absolute Gasteiger partial charge is 0.347 e. The number of nitrogens with zero attached hydrogens (tertiary/aromatic N) is 2. The van der Waals surface area contributed by atoms with Gasteiger partial charge in [0.05, 0.1) is 5.69 Å². The minimum absolute atomic E-state index is 0.164. The van der Waals surface area contributed by atoms with Crippen LogP contribution in [-0.4, -0.2) is 20.7 Å². The summed E-state index contributed by atoms with van der Waals surface area (Å²) in [6.45, 7) is 0.275. The van der Waals surface area contributed by atoms with Crippen molar-refractivity contribution < 1.29 is 4.79 Å². The molecule has 0 fully saturated rings. The van der Waals surface area contributed by atoms with Gasteiger partial charge in [-0.1, -0.05) is 29.3 Å². The molecule has 0 aliphatic carbocycles. The number of aromatic amines is 1. The van der Waals surface area contributed by atoms with Gasteiger partial charge in [0.2, 0.25) is 0 Å². The Kier molecular flexibility index (Phi) is 4.69. The number of hydrogen-bond donors (Lipinski definition) is 2. The van der Waals surface area contributed by atoms with E-state index in [0.717, 1.165) is 5.56 Å². The standard InChI is InChI=1S/C16H12Cl2N4O2/c17-11-2-4-12(5-3-11)22-15(23)7-13(21-22)16(24)20-9-10-1-6-14(18)19-8-10/h1-8,21H,9H2,(H,20,24). The molecule has 0 aliphatic rings. The van der Waals surface area contributed by atoms with Crippen LogP contribution in [-0.2, 0) is 6.54 Å². The van der Waals surface area contributed by atoms with Gasteiger partial charge in [-0.25, -0.2) is 9.67 Å². The molecule has 0 saturated carbocycles. The number of aromatic nitrogens is 3. The Hall–Kier alpha value is -2.57. The second-order valence-electron chi connectivity index (χ2n) is 4.99. The summed E-state index contributed by atoms with van der Waals surface area (Å²) in [5, 5.41) is 6.43. The van der Waals surface area contributed by atoms with Gasteiger partial charge in [0.15, 0.2) is 0 Å². The quantitative estimate of drug-likeness (QED) is 0.700. The highest BCUT2D eigenvalue weighted by atomic mass is 35.5. The highest BCUT2D eigenvalue weighted by Crippen LogP contribution is 2.11. The Balaban J connectivity index is 1.74. The molecule has 2 aromatic heterocycles. The first-order valence-electron chi connectivity index (χ1n) is 6.99. The summed E-state index contributed by atoms with van der Waals surface area (Å²) < 4.78 is 1.27.